The van der Waals surface area contributed by atoms with E-state index in [4.69, 9.17) is 23.4 Å². The van der Waals surface area contributed by atoms with Crippen molar-refractivity contribution in [3.63, 3.8) is 0 Å². The predicted octanol–water partition coefficient (Wildman–Crippen LogP) is 11.5. The van der Waals surface area contributed by atoms with Gasteiger partial charge in [-0.2, -0.15) is 31.7 Å². The summed E-state index contributed by atoms with van der Waals surface area (Å²) >= 11 is 1.60. The lowest BCUT2D eigenvalue weighted by atomic mass is 10.1. The van der Waals surface area contributed by atoms with Gasteiger partial charge in [-0.25, -0.2) is 0 Å². The van der Waals surface area contributed by atoms with Gasteiger partial charge in [0.1, 0.15) is 23.0 Å². The molecule has 556 valence electrons. The molecule has 1 fully saturated rings. The van der Waals surface area contributed by atoms with E-state index in [2.05, 4.69) is 112 Å². The number of thiophene rings is 1. The van der Waals surface area contributed by atoms with E-state index >= 15 is 0 Å². The molecule has 0 bridgehead atoms. The highest BCUT2D eigenvalue weighted by molar-refractivity contribution is 7.08. The molecule has 8 N–H and O–H groups in total. The third-order valence-corrected chi connectivity index (χ3v) is 17.7. The van der Waals surface area contributed by atoms with Crippen LogP contribution >= 0.6 is 11.3 Å². The molecule has 4 aromatic carbocycles. The number of benzene rings is 4. The van der Waals surface area contributed by atoms with Crippen molar-refractivity contribution in [3.8, 4) is 23.0 Å². The average Bonchev–Trinajstić information content (AvgIpc) is 1.70. The van der Waals surface area contributed by atoms with E-state index in [1.54, 1.807) is 186 Å². The van der Waals surface area contributed by atoms with E-state index < -0.39 is 0 Å². The molecular weight excluding hydrogens is 1430 g/mol. The molecule has 0 aliphatic heterocycles. The number of nitrogens with one attached hydrogen (secondary N) is 8. The van der Waals surface area contributed by atoms with Crippen molar-refractivity contribution in [1.29, 1.82) is 0 Å². The second kappa shape index (κ2) is 36.5. The van der Waals surface area contributed by atoms with Crippen LogP contribution in [-0.4, -0.2) is 149 Å². The highest BCUT2D eigenvalue weighted by Crippen LogP contribution is 2.37. The van der Waals surface area contributed by atoms with Crippen LogP contribution in [0.4, 0.5) is 0 Å². The molecule has 0 saturated heterocycles. The number of fused-ring (bicyclic) bond motifs is 4. The number of carbonyl (C=O) groups is 4. The first-order valence-electron chi connectivity index (χ1n) is 34.4. The fourth-order valence-electron chi connectivity index (χ4n) is 11.4. The predicted molar refractivity (Wildman–Crippen MR) is 418 cm³/mol. The molecule has 16 rings (SSSR count). The topological polar surface area (TPSA) is 410 Å². The Morgan fingerprint density at radius 3 is 1.07 bits per heavy atom. The number of ether oxygens (including phenoxy) is 4. The Kier molecular flexibility index (Phi) is 24.5. The molecule has 0 unspecified atom stereocenters. The number of rotatable bonds is 24. The van der Waals surface area contributed by atoms with Gasteiger partial charge in [-0.3, -0.25) is 89.4 Å². The SMILES string of the molecule is COc1c(C(=O)NCC2CC2)ccc2n[nH]c(/C=C/c3cnccn3)c12.COc1c(C(=O)NCc2ccoc2)ccc2n[nH]c(/C=C/c3cnccn3)c12.COc1c(C(=O)NCc2ccsc2)ccc2n[nH]c(/C=C/c3cnccn3)c12.COc1c(C(=O)NCc2cnccn2)ccc2n[nH]c(/C=C/c3cnccn3)c12. The molecule has 11 aromatic heterocycles. The highest BCUT2D eigenvalue weighted by Gasteiger charge is 2.26. The monoisotopic (exact) mass is 1500 g/mol. The summed E-state index contributed by atoms with van der Waals surface area (Å²) in [4.78, 5) is 91.9. The van der Waals surface area contributed by atoms with Crippen LogP contribution in [0.25, 0.3) is 92.2 Å². The number of aromatic amines is 4. The molecule has 31 nitrogen and oxygen atoms in total. The van der Waals surface area contributed by atoms with Crippen molar-refractivity contribution in [2.75, 3.05) is 35.0 Å². The fraction of sp³-hybridized carbons (Fsp3) is 0.139. The lowest BCUT2D eigenvalue weighted by molar-refractivity contribution is 0.0939. The third kappa shape index (κ3) is 18.7. The summed E-state index contributed by atoms with van der Waals surface area (Å²) in [5, 5.41) is 47.6. The van der Waals surface area contributed by atoms with Crippen molar-refractivity contribution < 1.29 is 42.5 Å². The van der Waals surface area contributed by atoms with Crippen LogP contribution in [0.2, 0.25) is 0 Å². The van der Waals surface area contributed by atoms with Gasteiger partial charge in [0.25, 0.3) is 23.6 Å². The first-order valence-corrected chi connectivity index (χ1v) is 35.3. The van der Waals surface area contributed by atoms with Crippen LogP contribution < -0.4 is 40.2 Å². The van der Waals surface area contributed by atoms with Gasteiger partial charge in [-0.05, 0) is 144 Å². The van der Waals surface area contributed by atoms with Crippen LogP contribution in [0, 0.1) is 5.92 Å². The Bertz CT molecular complexity index is 5600. The first-order chi connectivity index (χ1) is 54.5. The zero-order valence-corrected chi connectivity index (χ0v) is 60.8. The van der Waals surface area contributed by atoms with Crippen LogP contribution in [0.3, 0.4) is 0 Å². The number of nitrogens with zero attached hydrogens (tertiary/aromatic N) is 14. The Morgan fingerprint density at radius 1 is 0.414 bits per heavy atom. The van der Waals surface area contributed by atoms with Crippen molar-refractivity contribution in [2.45, 2.75) is 32.5 Å². The zero-order chi connectivity index (χ0) is 76.7. The number of carbonyl (C=O) groups excluding carboxylic acids is 4. The number of methoxy groups -OCH3 is 4. The van der Waals surface area contributed by atoms with Gasteiger partial charge in [-0.1, -0.05) is 0 Å². The summed E-state index contributed by atoms with van der Waals surface area (Å²) in [7, 11) is 6.17. The molecule has 32 heteroatoms. The maximum atomic E-state index is 12.7. The van der Waals surface area contributed by atoms with E-state index in [-0.39, 0.29) is 30.2 Å². The van der Waals surface area contributed by atoms with Crippen molar-refractivity contribution >= 4 is 127 Å². The summed E-state index contributed by atoms with van der Waals surface area (Å²) in [6, 6.07) is 17.8. The Balaban J connectivity index is 0.000000130. The van der Waals surface area contributed by atoms with Gasteiger partial charge in [0.05, 0.1) is 196 Å². The second-order valence-electron chi connectivity index (χ2n) is 24.2. The van der Waals surface area contributed by atoms with Crippen LogP contribution in [0.15, 0.2) is 181 Å². The number of hydrogen-bond acceptors (Lipinski definition) is 24. The van der Waals surface area contributed by atoms with Crippen molar-refractivity contribution in [3.05, 3.63) is 262 Å². The first kappa shape index (κ1) is 74.5. The molecule has 1 saturated carbocycles. The largest absolute Gasteiger partial charge is 0.495 e. The van der Waals surface area contributed by atoms with Gasteiger partial charge < -0.3 is 44.6 Å². The smallest absolute Gasteiger partial charge is 0.255 e. The molecule has 11 heterocycles. The summed E-state index contributed by atoms with van der Waals surface area (Å²) in [5.41, 5.74) is 13.0. The third-order valence-electron chi connectivity index (χ3n) is 17.0. The van der Waals surface area contributed by atoms with Gasteiger partial charge in [0.15, 0.2) is 0 Å². The molecule has 4 amide bonds. The molecule has 111 heavy (non-hydrogen) atoms. The molecular formula is C79H70N22O9S. The lowest BCUT2D eigenvalue weighted by Crippen LogP contribution is -2.26. The average molecular weight is 1500 g/mol. The number of aromatic nitrogens is 18. The maximum Gasteiger partial charge on any atom is 0.255 e. The Hall–Kier alpha value is -14.8. The highest BCUT2D eigenvalue weighted by atomic mass is 32.1. The number of furan rings is 1. The van der Waals surface area contributed by atoms with Gasteiger partial charge in [0, 0.05) is 87.2 Å². The number of hydrogen-bond donors (Lipinski definition) is 8. The molecule has 1 aliphatic rings. The summed E-state index contributed by atoms with van der Waals surface area (Å²) in [5.74, 6) is 1.66. The van der Waals surface area contributed by atoms with E-state index in [0.29, 0.717) is 127 Å². The number of H-pyrrole nitrogens is 4. The van der Waals surface area contributed by atoms with Gasteiger partial charge in [0.2, 0.25) is 0 Å². The van der Waals surface area contributed by atoms with E-state index in [0.717, 1.165) is 49.9 Å². The molecule has 0 spiro atoms. The normalized spacial score (nSPS) is 11.8. The summed E-state index contributed by atoms with van der Waals surface area (Å²) in [6.07, 6.45) is 44.5. The van der Waals surface area contributed by atoms with Gasteiger partial charge in [-0.15, -0.1) is 0 Å². The zero-order valence-electron chi connectivity index (χ0n) is 60.0. The molecule has 1 aliphatic carbocycles. The van der Waals surface area contributed by atoms with Crippen molar-refractivity contribution in [2.24, 2.45) is 5.92 Å². The van der Waals surface area contributed by atoms with Gasteiger partial charge >= 0.3 is 0 Å². The molecule has 15 aromatic rings. The van der Waals surface area contributed by atoms with Crippen LogP contribution in [0.1, 0.15) is 117 Å². The van der Waals surface area contributed by atoms with E-state index in [1.165, 1.54) is 27.1 Å². The Labute approximate surface area is 636 Å². The number of amides is 4. The minimum atomic E-state index is -0.278. The lowest BCUT2D eigenvalue weighted by Gasteiger charge is -2.10. The molecule has 0 atom stereocenters. The second-order valence-corrected chi connectivity index (χ2v) is 25.0. The fourth-order valence-corrected chi connectivity index (χ4v) is 12.1. The standard InChI is InChI=1S/C20H17N7O2.C20H17N5O3.C20H17N5O2S.C19H19N5O2/c1-29-19-15(20(28)25-12-14-11-22-7-9-24-14)3-5-17-18(19)16(26-27-17)4-2-13-10-21-6-8-23-13;2*1-27-19-15(20(26)23-10-13-6-9-28-12-13)3-5-17-18(19)16(24-25-17)4-2-14-11-21-7-8-22-14;1-26-18-14(19(25)22-10-12-2-3-12)5-7-16-17(18)15(23-24-16)6-4-13-11-20-8-9-21-13/h2-11H,12H2,1H3,(H,25,28)(H,26,27);2*2-9,11-12H,10H2,1H3,(H,23,26)(H,24,25);4-9,11-12H,2-3,10H2,1H3,(H,22,25)(H,23,24)/b3*4-2+;6-4+. The Morgan fingerprint density at radius 2 is 0.766 bits per heavy atom. The maximum absolute atomic E-state index is 12.7. The quantitative estimate of drug-likeness (QED) is 0.0278. The van der Waals surface area contributed by atoms with Crippen LogP contribution in [-0.2, 0) is 19.6 Å². The van der Waals surface area contributed by atoms with Crippen LogP contribution in [0.5, 0.6) is 23.0 Å². The summed E-state index contributed by atoms with van der Waals surface area (Å²) < 4.78 is 27.3. The minimum Gasteiger partial charge on any atom is -0.495 e. The molecule has 0 radical (unpaired) electrons. The minimum absolute atomic E-state index is 0.124. The van der Waals surface area contributed by atoms with Crippen molar-refractivity contribution in [1.82, 2.24) is 112 Å². The summed E-state index contributed by atoms with van der Waals surface area (Å²) in [6.45, 7) is 1.80. The van der Waals surface area contributed by atoms with E-state index in [1.807, 2.05) is 65.4 Å². The van der Waals surface area contributed by atoms with E-state index in [9.17, 15) is 19.2 Å².